The van der Waals surface area contributed by atoms with Gasteiger partial charge in [0, 0.05) is 12.6 Å². The molecule has 0 saturated heterocycles. The minimum Gasteiger partial charge on any atom is -0.352 e. The maximum Gasteiger partial charge on any atom is 0.264 e. The summed E-state index contributed by atoms with van der Waals surface area (Å²) in [6.07, 6.45) is 0.354. The first-order valence-electron chi connectivity index (χ1n) is 12.9. The molecule has 7 nitrogen and oxygen atoms in total. The number of anilines is 1. The molecule has 0 aromatic heterocycles. The predicted molar refractivity (Wildman–Crippen MR) is 156 cm³/mol. The van der Waals surface area contributed by atoms with Crippen LogP contribution in [0, 0.1) is 13.8 Å². The van der Waals surface area contributed by atoms with E-state index in [1.54, 1.807) is 36.4 Å². The Morgan fingerprint density at radius 3 is 2.18 bits per heavy atom. The minimum absolute atomic E-state index is 0.0376. The first kappa shape index (κ1) is 30.2. The zero-order valence-corrected chi connectivity index (χ0v) is 24.6. The summed E-state index contributed by atoms with van der Waals surface area (Å²) in [4.78, 5) is 28.7. The van der Waals surface area contributed by atoms with E-state index in [0.29, 0.717) is 6.42 Å². The Morgan fingerprint density at radius 2 is 1.59 bits per heavy atom. The predicted octanol–water partition coefficient (Wildman–Crippen LogP) is 5.48. The van der Waals surface area contributed by atoms with Crippen LogP contribution in [0.15, 0.2) is 77.7 Å². The van der Waals surface area contributed by atoms with E-state index < -0.39 is 28.5 Å². The highest BCUT2D eigenvalue weighted by Crippen LogP contribution is 2.31. The average molecular weight is 570 g/mol. The number of hydrogen-bond acceptors (Lipinski definition) is 4. The van der Waals surface area contributed by atoms with E-state index in [4.69, 9.17) is 11.6 Å². The van der Waals surface area contributed by atoms with E-state index in [-0.39, 0.29) is 34.1 Å². The maximum atomic E-state index is 14.0. The highest BCUT2D eigenvalue weighted by atomic mass is 35.5. The van der Waals surface area contributed by atoms with Gasteiger partial charge in [0.2, 0.25) is 11.8 Å². The molecule has 9 heteroatoms. The molecule has 0 radical (unpaired) electrons. The molecule has 3 aromatic rings. The summed E-state index contributed by atoms with van der Waals surface area (Å²) in [5.74, 6) is -0.808. The van der Waals surface area contributed by atoms with Gasteiger partial charge in [0.1, 0.15) is 12.6 Å². The Kier molecular flexibility index (Phi) is 10.2. The number of aryl methyl sites for hydroxylation is 2. The molecule has 39 heavy (non-hydrogen) atoms. The first-order chi connectivity index (χ1) is 18.4. The number of sulfonamides is 1. The lowest BCUT2D eigenvalue weighted by molar-refractivity contribution is -0.140. The minimum atomic E-state index is -4.17. The lowest BCUT2D eigenvalue weighted by Crippen LogP contribution is -2.53. The normalized spacial score (nSPS) is 12.2. The number of carbonyl (C=O) groups is 2. The van der Waals surface area contributed by atoms with Crippen LogP contribution in [0.5, 0.6) is 0 Å². The van der Waals surface area contributed by atoms with E-state index in [1.807, 2.05) is 58.9 Å². The average Bonchev–Trinajstić information content (AvgIpc) is 2.87. The number of benzene rings is 3. The summed E-state index contributed by atoms with van der Waals surface area (Å²) in [5.41, 5.74) is 2.94. The van der Waals surface area contributed by atoms with Crippen molar-refractivity contribution in [2.24, 2.45) is 0 Å². The molecule has 0 spiro atoms. The molecule has 0 aliphatic heterocycles. The summed E-state index contributed by atoms with van der Waals surface area (Å²) in [6, 6.07) is 19.7. The van der Waals surface area contributed by atoms with E-state index >= 15 is 0 Å². The van der Waals surface area contributed by atoms with Crippen LogP contribution >= 0.6 is 11.6 Å². The van der Waals surface area contributed by atoms with E-state index in [1.165, 1.54) is 17.0 Å². The second-order valence-corrected chi connectivity index (χ2v) is 12.1. The standard InChI is InChI=1S/C30H36ClN3O4S/c1-6-27(30(36)32-21(2)3)33(19-24-11-9-10-23(5)18-24)29(35)20-34(28-13-8-7-12-26(28)31)39(37,38)25-16-14-22(4)15-17-25/h7-18,21,27H,6,19-20H2,1-5H3,(H,32,36)/t27-/m0/s1. The third-order valence-corrected chi connectivity index (χ3v) is 8.35. The van der Waals surface area contributed by atoms with Gasteiger partial charge in [-0.3, -0.25) is 13.9 Å². The molecule has 0 aliphatic rings. The molecule has 3 rings (SSSR count). The fourth-order valence-electron chi connectivity index (χ4n) is 4.31. The van der Waals surface area contributed by atoms with Crippen molar-refractivity contribution in [1.82, 2.24) is 10.2 Å². The van der Waals surface area contributed by atoms with Gasteiger partial charge in [-0.2, -0.15) is 0 Å². The van der Waals surface area contributed by atoms with Crippen molar-refractivity contribution < 1.29 is 18.0 Å². The number of halogens is 1. The number of amides is 2. The van der Waals surface area contributed by atoms with Crippen molar-refractivity contribution in [2.75, 3.05) is 10.8 Å². The molecule has 0 aliphatic carbocycles. The Hall–Kier alpha value is -3.36. The summed E-state index contributed by atoms with van der Waals surface area (Å²) in [6.45, 7) is 8.96. The first-order valence-corrected chi connectivity index (χ1v) is 14.7. The van der Waals surface area contributed by atoms with Crippen molar-refractivity contribution in [3.05, 3.63) is 94.5 Å². The summed E-state index contributed by atoms with van der Waals surface area (Å²) >= 11 is 6.45. The largest absolute Gasteiger partial charge is 0.352 e. The van der Waals surface area contributed by atoms with Crippen LogP contribution in [-0.2, 0) is 26.2 Å². The van der Waals surface area contributed by atoms with Gasteiger partial charge in [0.25, 0.3) is 10.0 Å². The number of nitrogens with zero attached hydrogens (tertiary/aromatic N) is 2. The van der Waals surface area contributed by atoms with Crippen LogP contribution in [-0.4, -0.2) is 43.8 Å². The van der Waals surface area contributed by atoms with Crippen molar-refractivity contribution in [3.63, 3.8) is 0 Å². The van der Waals surface area contributed by atoms with Crippen LogP contribution in [0.25, 0.3) is 0 Å². The Bertz CT molecular complexity index is 1410. The maximum absolute atomic E-state index is 14.0. The highest BCUT2D eigenvalue weighted by molar-refractivity contribution is 7.92. The zero-order valence-electron chi connectivity index (χ0n) is 23.0. The molecule has 0 heterocycles. The fraction of sp³-hybridized carbons (Fsp3) is 0.333. The van der Waals surface area contributed by atoms with Crippen molar-refractivity contribution in [3.8, 4) is 0 Å². The molecular weight excluding hydrogens is 534 g/mol. The van der Waals surface area contributed by atoms with Crippen LogP contribution in [0.2, 0.25) is 5.02 Å². The molecule has 0 saturated carbocycles. The lowest BCUT2D eigenvalue weighted by atomic mass is 10.1. The summed E-state index contributed by atoms with van der Waals surface area (Å²) < 4.78 is 28.8. The van der Waals surface area contributed by atoms with Gasteiger partial charge in [0.15, 0.2) is 0 Å². The number of nitrogens with one attached hydrogen (secondary N) is 1. The molecule has 0 bridgehead atoms. The molecule has 208 valence electrons. The van der Waals surface area contributed by atoms with Crippen molar-refractivity contribution in [1.29, 1.82) is 0 Å². The van der Waals surface area contributed by atoms with Crippen molar-refractivity contribution >= 4 is 39.1 Å². The van der Waals surface area contributed by atoms with Crippen LogP contribution < -0.4 is 9.62 Å². The molecule has 2 amide bonds. The fourth-order valence-corrected chi connectivity index (χ4v) is 6.03. The van der Waals surface area contributed by atoms with Gasteiger partial charge in [-0.05, 0) is 63.9 Å². The van der Waals surface area contributed by atoms with Crippen LogP contribution in [0.4, 0.5) is 5.69 Å². The van der Waals surface area contributed by atoms with Gasteiger partial charge >= 0.3 is 0 Å². The van der Waals surface area contributed by atoms with Gasteiger partial charge in [-0.1, -0.05) is 78.2 Å². The summed E-state index contributed by atoms with van der Waals surface area (Å²) in [5, 5.41) is 3.09. The SMILES string of the molecule is CC[C@@H](C(=O)NC(C)C)N(Cc1cccc(C)c1)C(=O)CN(c1ccccc1Cl)S(=O)(=O)c1ccc(C)cc1. The second-order valence-electron chi connectivity index (χ2n) is 9.87. The molecule has 0 fully saturated rings. The van der Waals surface area contributed by atoms with E-state index in [2.05, 4.69) is 5.32 Å². The van der Waals surface area contributed by atoms with Gasteiger partial charge in [-0.15, -0.1) is 0 Å². The second kappa shape index (κ2) is 13.1. The van der Waals surface area contributed by atoms with Crippen molar-refractivity contribution in [2.45, 2.75) is 64.6 Å². The third kappa shape index (κ3) is 7.61. The molecule has 1 N–H and O–H groups in total. The number of hydrogen-bond donors (Lipinski definition) is 1. The lowest BCUT2D eigenvalue weighted by Gasteiger charge is -2.33. The molecule has 1 atom stereocenters. The monoisotopic (exact) mass is 569 g/mol. The quantitative estimate of drug-likeness (QED) is 0.331. The van der Waals surface area contributed by atoms with E-state index in [0.717, 1.165) is 21.0 Å². The van der Waals surface area contributed by atoms with Crippen LogP contribution in [0.1, 0.15) is 43.9 Å². The van der Waals surface area contributed by atoms with Crippen LogP contribution in [0.3, 0.4) is 0 Å². The molecule has 3 aromatic carbocycles. The Balaban J connectivity index is 2.08. The molecular formula is C30H36ClN3O4S. The molecule has 0 unspecified atom stereocenters. The smallest absolute Gasteiger partial charge is 0.264 e. The zero-order chi connectivity index (χ0) is 28.7. The third-order valence-electron chi connectivity index (χ3n) is 6.26. The summed E-state index contributed by atoms with van der Waals surface area (Å²) in [7, 11) is -4.17. The number of para-hydroxylation sites is 1. The topological polar surface area (TPSA) is 86.8 Å². The van der Waals surface area contributed by atoms with Gasteiger partial charge in [-0.25, -0.2) is 8.42 Å². The Labute approximate surface area is 236 Å². The number of rotatable bonds is 11. The van der Waals surface area contributed by atoms with E-state index in [9.17, 15) is 18.0 Å². The Morgan fingerprint density at radius 1 is 0.923 bits per heavy atom. The number of carbonyl (C=O) groups excluding carboxylic acids is 2. The van der Waals surface area contributed by atoms with Gasteiger partial charge in [0.05, 0.1) is 15.6 Å². The highest BCUT2D eigenvalue weighted by Gasteiger charge is 2.34. The van der Waals surface area contributed by atoms with Gasteiger partial charge < -0.3 is 10.2 Å².